The fraction of sp³-hybridized carbons (Fsp3) is 0. The van der Waals surface area contributed by atoms with Crippen molar-refractivity contribution < 1.29 is 4.39 Å². The van der Waals surface area contributed by atoms with Gasteiger partial charge in [-0.3, -0.25) is 0 Å². The highest BCUT2D eigenvalue weighted by molar-refractivity contribution is 5.77. The van der Waals surface area contributed by atoms with Crippen LogP contribution in [-0.4, -0.2) is 9.97 Å². The maximum atomic E-state index is 13.4. The van der Waals surface area contributed by atoms with Crippen molar-refractivity contribution in [1.82, 2.24) is 9.97 Å². The number of nitrogens with zero attached hydrogens (tertiary/aromatic N) is 3. The van der Waals surface area contributed by atoms with Crippen LogP contribution in [0.2, 0.25) is 0 Å². The van der Waals surface area contributed by atoms with Crippen molar-refractivity contribution in [2.24, 2.45) is 0 Å². The summed E-state index contributed by atoms with van der Waals surface area (Å²) in [5, 5.41) is 9.27. The van der Waals surface area contributed by atoms with Gasteiger partial charge in [-0.2, -0.15) is 10.2 Å². The Morgan fingerprint density at radius 2 is 1.57 bits per heavy atom. The van der Waals surface area contributed by atoms with Gasteiger partial charge in [-0.25, -0.2) is 9.37 Å². The first-order valence-electron chi connectivity index (χ1n) is 6.78. The summed E-state index contributed by atoms with van der Waals surface area (Å²) in [6, 6.07) is 15.5. The Balaban J connectivity index is 2.17. The normalized spacial score (nSPS) is 10.3. The predicted octanol–water partition coefficient (Wildman–Crippen LogP) is 2.99. The van der Waals surface area contributed by atoms with Crippen LogP contribution in [0, 0.1) is 17.1 Å². The molecule has 0 saturated carbocycles. The Morgan fingerprint density at radius 1 is 0.913 bits per heavy atom. The molecule has 6 heteroatoms. The van der Waals surface area contributed by atoms with Crippen LogP contribution in [0.15, 0.2) is 48.5 Å². The van der Waals surface area contributed by atoms with E-state index in [-0.39, 0.29) is 23.1 Å². The van der Waals surface area contributed by atoms with Crippen molar-refractivity contribution in [3.8, 4) is 28.5 Å². The molecular weight excluding hydrogens is 293 g/mol. The molecule has 0 atom stereocenters. The van der Waals surface area contributed by atoms with E-state index in [0.717, 1.165) is 11.1 Å². The number of rotatable bonds is 2. The van der Waals surface area contributed by atoms with Gasteiger partial charge in [0.1, 0.15) is 23.3 Å². The molecule has 2 aromatic carbocycles. The minimum Gasteiger partial charge on any atom is -0.382 e. The molecule has 3 aromatic rings. The van der Waals surface area contributed by atoms with Crippen LogP contribution in [0.25, 0.3) is 22.4 Å². The van der Waals surface area contributed by atoms with Crippen LogP contribution >= 0.6 is 0 Å². The lowest BCUT2D eigenvalue weighted by molar-refractivity contribution is 0.628. The van der Waals surface area contributed by atoms with Gasteiger partial charge in [-0.05, 0) is 29.3 Å². The summed E-state index contributed by atoms with van der Waals surface area (Å²) in [5.41, 5.74) is 14.1. The SMILES string of the molecule is N#Cc1c(N)nc(N)nc1-c1cccc(-c2cccc(F)c2)c1. The van der Waals surface area contributed by atoms with Crippen molar-refractivity contribution in [1.29, 1.82) is 5.26 Å². The van der Waals surface area contributed by atoms with Crippen molar-refractivity contribution >= 4 is 11.8 Å². The summed E-state index contributed by atoms with van der Waals surface area (Å²) in [6.45, 7) is 0. The second kappa shape index (κ2) is 5.73. The number of nitrogen functional groups attached to an aromatic ring is 2. The molecule has 1 heterocycles. The lowest BCUT2D eigenvalue weighted by Crippen LogP contribution is -2.04. The number of hydrogen-bond acceptors (Lipinski definition) is 5. The number of anilines is 2. The van der Waals surface area contributed by atoms with Crippen LogP contribution in [0.1, 0.15) is 5.56 Å². The summed E-state index contributed by atoms with van der Waals surface area (Å²) in [5.74, 6) is -0.292. The zero-order valence-corrected chi connectivity index (χ0v) is 12.0. The first kappa shape index (κ1) is 14.5. The Kier molecular flexibility index (Phi) is 3.61. The molecule has 0 bridgehead atoms. The second-order valence-electron chi connectivity index (χ2n) is 4.89. The molecule has 4 N–H and O–H groups in total. The largest absolute Gasteiger partial charge is 0.382 e. The second-order valence-corrected chi connectivity index (χ2v) is 4.89. The van der Waals surface area contributed by atoms with E-state index in [1.165, 1.54) is 12.1 Å². The highest BCUT2D eigenvalue weighted by Gasteiger charge is 2.13. The zero-order valence-electron chi connectivity index (χ0n) is 12.0. The van der Waals surface area contributed by atoms with E-state index < -0.39 is 0 Å². The van der Waals surface area contributed by atoms with Crippen LogP contribution in [0.3, 0.4) is 0 Å². The van der Waals surface area contributed by atoms with Crippen LogP contribution in [0.4, 0.5) is 16.2 Å². The van der Waals surface area contributed by atoms with E-state index in [1.54, 1.807) is 30.3 Å². The molecule has 0 aliphatic carbocycles. The third-order valence-electron chi connectivity index (χ3n) is 3.36. The first-order valence-corrected chi connectivity index (χ1v) is 6.78. The quantitative estimate of drug-likeness (QED) is 0.757. The van der Waals surface area contributed by atoms with Gasteiger partial charge in [0, 0.05) is 5.56 Å². The standard InChI is InChI=1S/C17H12FN5/c18-13-6-2-4-11(8-13)10-3-1-5-12(7-10)15-14(9-19)16(20)23-17(21)22-15/h1-8H,(H4,20,21,22,23). The number of halogens is 1. The van der Waals surface area contributed by atoms with Crippen molar-refractivity contribution in [2.75, 3.05) is 11.5 Å². The number of nitrogens with two attached hydrogens (primary N) is 2. The summed E-state index contributed by atoms with van der Waals surface area (Å²) in [7, 11) is 0. The molecule has 3 rings (SSSR count). The summed E-state index contributed by atoms with van der Waals surface area (Å²) in [6.07, 6.45) is 0. The van der Waals surface area contributed by atoms with Crippen molar-refractivity contribution in [3.05, 3.63) is 59.9 Å². The van der Waals surface area contributed by atoms with E-state index >= 15 is 0 Å². The van der Waals surface area contributed by atoms with Gasteiger partial charge in [0.15, 0.2) is 0 Å². The highest BCUT2D eigenvalue weighted by atomic mass is 19.1. The van der Waals surface area contributed by atoms with E-state index in [0.29, 0.717) is 11.3 Å². The van der Waals surface area contributed by atoms with Gasteiger partial charge in [-0.1, -0.05) is 30.3 Å². The van der Waals surface area contributed by atoms with Gasteiger partial charge in [0.25, 0.3) is 0 Å². The molecule has 5 nitrogen and oxygen atoms in total. The number of hydrogen-bond donors (Lipinski definition) is 2. The molecule has 0 aliphatic rings. The molecule has 0 saturated heterocycles. The third kappa shape index (κ3) is 2.80. The summed E-state index contributed by atoms with van der Waals surface area (Å²) < 4.78 is 13.4. The van der Waals surface area contributed by atoms with Gasteiger partial charge >= 0.3 is 0 Å². The van der Waals surface area contributed by atoms with Crippen LogP contribution in [-0.2, 0) is 0 Å². The minimum absolute atomic E-state index is 0.00680. The van der Waals surface area contributed by atoms with E-state index in [1.807, 2.05) is 12.1 Å². The molecular formula is C17H12FN5. The number of benzene rings is 2. The molecule has 1 aromatic heterocycles. The van der Waals surface area contributed by atoms with Gasteiger partial charge in [0.2, 0.25) is 5.95 Å². The Hall–Kier alpha value is -3.46. The van der Waals surface area contributed by atoms with Gasteiger partial charge in [0.05, 0.1) is 5.69 Å². The average Bonchev–Trinajstić information content (AvgIpc) is 2.54. The van der Waals surface area contributed by atoms with Crippen molar-refractivity contribution in [3.63, 3.8) is 0 Å². The molecule has 0 radical (unpaired) electrons. The third-order valence-corrected chi connectivity index (χ3v) is 3.36. The zero-order chi connectivity index (χ0) is 16.4. The molecule has 0 spiro atoms. The van der Waals surface area contributed by atoms with Gasteiger partial charge < -0.3 is 11.5 Å². The Labute approximate surface area is 132 Å². The highest BCUT2D eigenvalue weighted by Crippen LogP contribution is 2.29. The summed E-state index contributed by atoms with van der Waals surface area (Å²) in [4.78, 5) is 7.91. The van der Waals surface area contributed by atoms with E-state index in [4.69, 9.17) is 11.5 Å². The molecule has 0 fully saturated rings. The smallest absolute Gasteiger partial charge is 0.222 e. The Bertz CT molecular complexity index is 931. The average molecular weight is 305 g/mol. The number of nitriles is 1. The number of aromatic nitrogens is 2. The van der Waals surface area contributed by atoms with Crippen molar-refractivity contribution in [2.45, 2.75) is 0 Å². The van der Waals surface area contributed by atoms with E-state index in [2.05, 4.69) is 9.97 Å². The fourth-order valence-electron chi connectivity index (χ4n) is 2.33. The minimum atomic E-state index is -0.318. The molecule has 0 unspecified atom stereocenters. The Morgan fingerprint density at radius 3 is 2.26 bits per heavy atom. The lowest BCUT2D eigenvalue weighted by Gasteiger charge is -2.09. The van der Waals surface area contributed by atoms with E-state index in [9.17, 15) is 9.65 Å². The summed E-state index contributed by atoms with van der Waals surface area (Å²) >= 11 is 0. The van der Waals surface area contributed by atoms with Gasteiger partial charge in [-0.15, -0.1) is 0 Å². The first-order chi connectivity index (χ1) is 11.1. The molecule has 23 heavy (non-hydrogen) atoms. The molecule has 112 valence electrons. The van der Waals surface area contributed by atoms with Crippen LogP contribution in [0.5, 0.6) is 0 Å². The predicted molar refractivity (Wildman–Crippen MR) is 86.4 cm³/mol. The van der Waals surface area contributed by atoms with Crippen LogP contribution < -0.4 is 11.5 Å². The fourth-order valence-corrected chi connectivity index (χ4v) is 2.33. The maximum absolute atomic E-state index is 13.4. The molecule has 0 amide bonds. The monoisotopic (exact) mass is 305 g/mol. The maximum Gasteiger partial charge on any atom is 0.222 e. The molecule has 0 aliphatic heterocycles. The topological polar surface area (TPSA) is 102 Å². The lowest BCUT2D eigenvalue weighted by atomic mass is 10.00.